The quantitative estimate of drug-likeness (QED) is 0.541. The smallest absolute Gasteiger partial charge is 0.270 e. The normalized spacial score (nSPS) is 18.6. The molecule has 0 aromatic heterocycles. The van der Waals surface area contributed by atoms with E-state index < -0.39 is 22.8 Å². The zero-order valence-corrected chi connectivity index (χ0v) is 18.1. The molecule has 0 saturated carbocycles. The highest BCUT2D eigenvalue weighted by Gasteiger charge is 2.37. The molecule has 172 valence electrons. The van der Waals surface area contributed by atoms with Crippen LogP contribution >= 0.6 is 0 Å². The molecule has 2 aliphatic heterocycles. The lowest BCUT2D eigenvalue weighted by Crippen LogP contribution is -2.59. The Kier molecular flexibility index (Phi) is 6.53. The summed E-state index contributed by atoms with van der Waals surface area (Å²) in [5, 5.41) is 13.8. The van der Waals surface area contributed by atoms with Gasteiger partial charge in [0, 0.05) is 62.7 Å². The van der Waals surface area contributed by atoms with E-state index in [1.807, 2.05) is 30.3 Å². The fraction of sp³-hybridized carbons (Fsp3) is 0.348. The van der Waals surface area contributed by atoms with Gasteiger partial charge in [-0.1, -0.05) is 24.3 Å². The third kappa shape index (κ3) is 4.94. The molecular weight excluding hydrogens is 426 g/mol. The van der Waals surface area contributed by atoms with Crippen molar-refractivity contribution in [3.8, 4) is 0 Å². The number of hydrogen-bond donors (Lipinski definition) is 1. The van der Waals surface area contributed by atoms with E-state index in [1.165, 1.54) is 29.2 Å². The number of piperazine rings is 2. The zero-order valence-electron chi connectivity index (χ0n) is 18.1. The number of amides is 3. The van der Waals surface area contributed by atoms with Gasteiger partial charge in [0.25, 0.3) is 11.6 Å². The van der Waals surface area contributed by atoms with Crippen LogP contribution in [0, 0.1) is 10.1 Å². The Morgan fingerprint density at radius 3 is 2.42 bits per heavy atom. The molecule has 0 aliphatic carbocycles. The minimum Gasteiger partial charge on any atom is -0.368 e. The molecule has 4 rings (SSSR count). The van der Waals surface area contributed by atoms with E-state index in [0.29, 0.717) is 26.2 Å². The summed E-state index contributed by atoms with van der Waals surface area (Å²) in [6.07, 6.45) is -0.127. The summed E-state index contributed by atoms with van der Waals surface area (Å²) in [6.45, 7) is 2.92. The molecule has 2 heterocycles. The maximum atomic E-state index is 13.1. The molecule has 2 aromatic carbocycles. The van der Waals surface area contributed by atoms with Crippen molar-refractivity contribution in [1.29, 1.82) is 0 Å². The van der Waals surface area contributed by atoms with Gasteiger partial charge in [-0.3, -0.25) is 24.5 Å². The van der Waals surface area contributed by atoms with Crippen LogP contribution in [0.25, 0.3) is 0 Å². The second-order valence-electron chi connectivity index (χ2n) is 8.02. The zero-order chi connectivity index (χ0) is 23.4. The molecule has 1 atom stereocenters. The van der Waals surface area contributed by atoms with E-state index in [2.05, 4.69) is 10.2 Å². The molecule has 0 radical (unpaired) electrons. The highest BCUT2D eigenvalue weighted by molar-refractivity contribution is 6.00. The predicted octanol–water partition coefficient (Wildman–Crippen LogP) is 1.27. The number of nitrogens with zero attached hydrogens (tertiary/aromatic N) is 4. The molecule has 0 bridgehead atoms. The van der Waals surface area contributed by atoms with Crippen LogP contribution in [0.4, 0.5) is 11.4 Å². The molecule has 10 nitrogen and oxygen atoms in total. The van der Waals surface area contributed by atoms with E-state index in [9.17, 15) is 24.5 Å². The summed E-state index contributed by atoms with van der Waals surface area (Å²) in [5.74, 6) is -1.09. The summed E-state index contributed by atoms with van der Waals surface area (Å²) >= 11 is 0. The van der Waals surface area contributed by atoms with E-state index in [0.717, 1.165) is 5.69 Å². The molecule has 0 spiro atoms. The number of hydrogen-bond acceptors (Lipinski definition) is 6. The Morgan fingerprint density at radius 2 is 1.73 bits per heavy atom. The molecule has 0 unspecified atom stereocenters. The van der Waals surface area contributed by atoms with Gasteiger partial charge >= 0.3 is 0 Å². The number of anilines is 1. The molecule has 3 amide bonds. The number of benzene rings is 2. The Balaban J connectivity index is 1.42. The summed E-state index contributed by atoms with van der Waals surface area (Å²) in [5.41, 5.74) is 1.02. The minimum atomic E-state index is -0.954. The number of nitro benzene ring substituents is 1. The monoisotopic (exact) mass is 451 g/mol. The molecule has 2 fully saturated rings. The van der Waals surface area contributed by atoms with Crippen LogP contribution in [0.2, 0.25) is 0 Å². The number of para-hydroxylation sites is 1. The first kappa shape index (κ1) is 22.3. The lowest BCUT2D eigenvalue weighted by atomic mass is 10.0. The lowest BCUT2D eigenvalue weighted by molar-refractivity contribution is -0.384. The number of nitrogens with one attached hydrogen (secondary N) is 1. The van der Waals surface area contributed by atoms with Gasteiger partial charge in [0.15, 0.2) is 0 Å². The maximum absolute atomic E-state index is 13.1. The van der Waals surface area contributed by atoms with Gasteiger partial charge < -0.3 is 20.0 Å². The topological polar surface area (TPSA) is 116 Å². The second kappa shape index (κ2) is 9.68. The summed E-state index contributed by atoms with van der Waals surface area (Å²) in [6, 6.07) is 14.4. The largest absolute Gasteiger partial charge is 0.368 e. The SMILES string of the molecule is O=C1NCCN(C(=O)c2cccc([N+](=O)[O-])c2)[C@@H]1CC(=O)N1CCN(c2ccccc2)CC1. The first-order chi connectivity index (χ1) is 15.9. The van der Waals surface area contributed by atoms with E-state index in [1.54, 1.807) is 4.90 Å². The first-order valence-electron chi connectivity index (χ1n) is 10.8. The van der Waals surface area contributed by atoms with Crippen molar-refractivity contribution in [3.63, 3.8) is 0 Å². The number of non-ortho nitro benzene ring substituents is 1. The second-order valence-corrected chi connectivity index (χ2v) is 8.02. The minimum absolute atomic E-state index is 0.118. The van der Waals surface area contributed by atoms with E-state index >= 15 is 0 Å². The molecule has 2 aromatic rings. The van der Waals surface area contributed by atoms with Crippen molar-refractivity contribution < 1.29 is 19.3 Å². The fourth-order valence-electron chi connectivity index (χ4n) is 4.23. The van der Waals surface area contributed by atoms with Gasteiger partial charge in [0.2, 0.25) is 11.8 Å². The van der Waals surface area contributed by atoms with Gasteiger partial charge in [-0.05, 0) is 18.2 Å². The molecular formula is C23H25N5O5. The number of carbonyl (C=O) groups excluding carboxylic acids is 3. The Morgan fingerprint density at radius 1 is 1.00 bits per heavy atom. The van der Waals surface area contributed by atoms with Gasteiger partial charge in [0.1, 0.15) is 6.04 Å². The molecule has 2 saturated heterocycles. The number of carbonyl (C=O) groups is 3. The van der Waals surface area contributed by atoms with Crippen LogP contribution in [0.15, 0.2) is 54.6 Å². The highest BCUT2D eigenvalue weighted by atomic mass is 16.6. The van der Waals surface area contributed by atoms with E-state index in [-0.39, 0.29) is 36.7 Å². The Bertz CT molecular complexity index is 1050. The Hall–Kier alpha value is -3.95. The Labute approximate surface area is 190 Å². The molecule has 1 N–H and O–H groups in total. The van der Waals surface area contributed by atoms with Gasteiger partial charge in [0.05, 0.1) is 11.3 Å². The van der Waals surface area contributed by atoms with Crippen LogP contribution in [0.5, 0.6) is 0 Å². The van der Waals surface area contributed by atoms with Crippen molar-refractivity contribution in [1.82, 2.24) is 15.1 Å². The predicted molar refractivity (Wildman–Crippen MR) is 121 cm³/mol. The van der Waals surface area contributed by atoms with Crippen LogP contribution in [-0.4, -0.2) is 77.8 Å². The van der Waals surface area contributed by atoms with Crippen molar-refractivity contribution in [2.24, 2.45) is 0 Å². The average molecular weight is 451 g/mol. The summed E-state index contributed by atoms with van der Waals surface area (Å²) in [7, 11) is 0. The summed E-state index contributed by atoms with van der Waals surface area (Å²) < 4.78 is 0. The standard InChI is InChI=1S/C23H25N5O5/c29-21(26-13-11-25(12-14-26)18-6-2-1-3-7-18)16-20-22(30)24-9-10-27(20)23(31)17-5-4-8-19(15-17)28(32)33/h1-8,15,20H,9-14,16H2,(H,24,30)/t20-/m1/s1. The van der Waals surface area contributed by atoms with Gasteiger partial charge in [-0.25, -0.2) is 0 Å². The van der Waals surface area contributed by atoms with Crippen LogP contribution in [-0.2, 0) is 9.59 Å². The summed E-state index contributed by atoms with van der Waals surface area (Å²) in [4.78, 5) is 54.4. The average Bonchev–Trinajstić information content (AvgIpc) is 2.85. The van der Waals surface area contributed by atoms with Crippen LogP contribution in [0.1, 0.15) is 16.8 Å². The third-order valence-corrected chi connectivity index (χ3v) is 6.02. The van der Waals surface area contributed by atoms with Crippen molar-refractivity contribution in [2.75, 3.05) is 44.2 Å². The lowest BCUT2D eigenvalue weighted by Gasteiger charge is -2.38. The van der Waals surface area contributed by atoms with Crippen molar-refractivity contribution in [2.45, 2.75) is 12.5 Å². The van der Waals surface area contributed by atoms with Crippen LogP contribution < -0.4 is 10.2 Å². The van der Waals surface area contributed by atoms with E-state index in [4.69, 9.17) is 0 Å². The number of rotatable bonds is 5. The fourth-order valence-corrected chi connectivity index (χ4v) is 4.23. The van der Waals surface area contributed by atoms with Crippen molar-refractivity contribution >= 4 is 29.1 Å². The third-order valence-electron chi connectivity index (χ3n) is 6.02. The van der Waals surface area contributed by atoms with Crippen molar-refractivity contribution in [3.05, 3.63) is 70.3 Å². The highest BCUT2D eigenvalue weighted by Crippen LogP contribution is 2.20. The first-order valence-corrected chi connectivity index (χ1v) is 10.8. The molecule has 10 heteroatoms. The van der Waals surface area contributed by atoms with Gasteiger partial charge in [-0.2, -0.15) is 0 Å². The van der Waals surface area contributed by atoms with Crippen LogP contribution in [0.3, 0.4) is 0 Å². The maximum Gasteiger partial charge on any atom is 0.270 e. The van der Waals surface area contributed by atoms with Gasteiger partial charge in [-0.15, -0.1) is 0 Å². The molecule has 2 aliphatic rings. The molecule has 33 heavy (non-hydrogen) atoms. The number of nitro groups is 1.